The van der Waals surface area contributed by atoms with Gasteiger partial charge in [0.05, 0.1) is 4.34 Å². The zero-order valence-corrected chi connectivity index (χ0v) is 8.72. The van der Waals surface area contributed by atoms with Gasteiger partial charge < -0.3 is 0 Å². The Labute approximate surface area is 84.7 Å². The molecule has 2 aromatic rings. The molecule has 1 aromatic heterocycles. The maximum absolute atomic E-state index is 5.89. The van der Waals surface area contributed by atoms with Gasteiger partial charge >= 0.3 is 0 Å². The third-order valence-electron chi connectivity index (χ3n) is 1.74. The van der Waals surface area contributed by atoms with Crippen molar-refractivity contribution in [3.05, 3.63) is 33.1 Å². The molecule has 0 spiro atoms. The van der Waals surface area contributed by atoms with Crippen molar-refractivity contribution in [3.8, 4) is 0 Å². The number of fused-ring (bicyclic) bond motifs is 1. The summed E-state index contributed by atoms with van der Waals surface area (Å²) in [6.07, 6.45) is 0. The van der Waals surface area contributed by atoms with Crippen molar-refractivity contribution in [3.63, 3.8) is 0 Å². The van der Waals surface area contributed by atoms with E-state index in [0.717, 1.165) is 14.7 Å². The Morgan fingerprint density at radius 1 is 1.17 bits per heavy atom. The van der Waals surface area contributed by atoms with Gasteiger partial charge in [-0.3, -0.25) is 0 Å². The van der Waals surface area contributed by atoms with E-state index < -0.39 is 0 Å². The summed E-state index contributed by atoms with van der Waals surface area (Å²) in [6, 6.07) is 5.84. The summed E-state index contributed by atoms with van der Waals surface area (Å²) in [7, 11) is 0. The molecule has 2 rings (SSSR count). The van der Waals surface area contributed by atoms with Crippen LogP contribution in [-0.4, -0.2) is 0 Å². The highest BCUT2D eigenvalue weighted by Gasteiger charge is 2.03. The van der Waals surface area contributed by atoms with Gasteiger partial charge in [-0.25, -0.2) is 0 Å². The molecule has 0 unspecified atom stereocenters. The van der Waals surface area contributed by atoms with Crippen LogP contribution in [0.1, 0.15) is 5.56 Å². The highest BCUT2D eigenvalue weighted by molar-refractivity contribution is 7.22. The SMILES string of the molecule is Cc1cc(Cl)cc2cc(Cl)sc12. The van der Waals surface area contributed by atoms with E-state index in [9.17, 15) is 0 Å². The van der Waals surface area contributed by atoms with E-state index in [4.69, 9.17) is 23.2 Å². The molecule has 1 aromatic carbocycles. The van der Waals surface area contributed by atoms with Crippen LogP contribution in [0.25, 0.3) is 10.1 Å². The average Bonchev–Trinajstić information content (AvgIpc) is 2.29. The van der Waals surface area contributed by atoms with Crippen molar-refractivity contribution < 1.29 is 0 Å². The van der Waals surface area contributed by atoms with Crippen molar-refractivity contribution >= 4 is 44.6 Å². The molecule has 62 valence electrons. The first kappa shape index (κ1) is 8.36. The standard InChI is InChI=1S/C9H6Cl2S/c1-5-2-7(10)3-6-4-8(11)12-9(5)6/h2-4H,1H3. The molecule has 1 heterocycles. The Morgan fingerprint density at radius 3 is 2.67 bits per heavy atom. The lowest BCUT2D eigenvalue weighted by Gasteiger charge is -1.95. The van der Waals surface area contributed by atoms with Crippen LogP contribution in [0.2, 0.25) is 9.36 Å². The molecule has 0 nitrogen and oxygen atoms in total. The van der Waals surface area contributed by atoms with E-state index in [1.54, 1.807) is 11.3 Å². The van der Waals surface area contributed by atoms with Crippen molar-refractivity contribution in [2.75, 3.05) is 0 Å². The minimum absolute atomic E-state index is 0.773. The second-order valence-corrected chi connectivity index (χ2v) is 4.81. The molecule has 0 bridgehead atoms. The maximum Gasteiger partial charge on any atom is 0.0940 e. The molecule has 0 saturated carbocycles. The lowest BCUT2D eigenvalue weighted by Crippen LogP contribution is -1.71. The van der Waals surface area contributed by atoms with E-state index in [0.29, 0.717) is 0 Å². The van der Waals surface area contributed by atoms with E-state index in [-0.39, 0.29) is 0 Å². The van der Waals surface area contributed by atoms with Crippen molar-refractivity contribution in [2.24, 2.45) is 0 Å². The summed E-state index contributed by atoms with van der Waals surface area (Å²) >= 11 is 13.4. The van der Waals surface area contributed by atoms with Gasteiger partial charge in [-0.2, -0.15) is 0 Å². The molecular weight excluding hydrogens is 211 g/mol. The van der Waals surface area contributed by atoms with Gasteiger partial charge in [-0.05, 0) is 36.1 Å². The predicted molar refractivity (Wildman–Crippen MR) is 56.6 cm³/mol. The number of halogens is 2. The largest absolute Gasteiger partial charge is 0.123 e. The molecular formula is C9H6Cl2S. The van der Waals surface area contributed by atoms with Crippen LogP contribution < -0.4 is 0 Å². The fourth-order valence-corrected chi connectivity index (χ4v) is 2.72. The van der Waals surface area contributed by atoms with Crippen LogP contribution in [0.3, 0.4) is 0 Å². The first-order valence-electron chi connectivity index (χ1n) is 3.52. The van der Waals surface area contributed by atoms with Gasteiger partial charge in [-0.1, -0.05) is 23.2 Å². The Balaban J connectivity index is 2.88. The van der Waals surface area contributed by atoms with Crippen molar-refractivity contribution in [1.29, 1.82) is 0 Å². The fourth-order valence-electron chi connectivity index (χ4n) is 1.25. The van der Waals surface area contributed by atoms with Crippen molar-refractivity contribution in [1.82, 2.24) is 0 Å². The minimum Gasteiger partial charge on any atom is -0.123 e. The Morgan fingerprint density at radius 2 is 1.92 bits per heavy atom. The summed E-state index contributed by atoms with van der Waals surface area (Å²) in [5, 5.41) is 1.91. The van der Waals surface area contributed by atoms with Crippen LogP contribution >= 0.6 is 34.5 Å². The normalized spacial score (nSPS) is 10.9. The Hall–Kier alpha value is -0.240. The Bertz CT molecular complexity index is 431. The highest BCUT2D eigenvalue weighted by atomic mass is 35.5. The average molecular weight is 217 g/mol. The number of thiophene rings is 1. The smallest absolute Gasteiger partial charge is 0.0940 e. The minimum atomic E-state index is 0.773. The van der Waals surface area contributed by atoms with E-state index in [2.05, 4.69) is 0 Å². The molecule has 0 aliphatic heterocycles. The molecule has 3 heteroatoms. The topological polar surface area (TPSA) is 0 Å². The second-order valence-electron chi connectivity index (χ2n) is 2.69. The number of hydrogen-bond acceptors (Lipinski definition) is 1. The number of rotatable bonds is 0. The van der Waals surface area contributed by atoms with Crippen LogP contribution in [0.15, 0.2) is 18.2 Å². The lowest BCUT2D eigenvalue weighted by molar-refractivity contribution is 1.56. The molecule has 0 aliphatic carbocycles. The number of hydrogen-bond donors (Lipinski definition) is 0. The summed E-state index contributed by atoms with van der Waals surface area (Å²) in [4.78, 5) is 0. The summed E-state index contributed by atoms with van der Waals surface area (Å²) in [6.45, 7) is 2.04. The van der Waals surface area contributed by atoms with E-state index in [1.807, 2.05) is 25.1 Å². The number of benzene rings is 1. The van der Waals surface area contributed by atoms with Crippen LogP contribution in [0.4, 0.5) is 0 Å². The maximum atomic E-state index is 5.89. The lowest BCUT2D eigenvalue weighted by atomic mass is 10.2. The first-order chi connectivity index (χ1) is 5.66. The Kier molecular flexibility index (Phi) is 2.03. The zero-order valence-electron chi connectivity index (χ0n) is 6.40. The molecule has 0 radical (unpaired) electrons. The highest BCUT2D eigenvalue weighted by Crippen LogP contribution is 2.33. The van der Waals surface area contributed by atoms with E-state index in [1.165, 1.54) is 10.3 Å². The fraction of sp³-hybridized carbons (Fsp3) is 0.111. The van der Waals surface area contributed by atoms with Crippen molar-refractivity contribution in [2.45, 2.75) is 6.92 Å². The number of aryl methyl sites for hydroxylation is 1. The van der Waals surface area contributed by atoms with Gasteiger partial charge in [0.1, 0.15) is 0 Å². The third kappa shape index (κ3) is 1.33. The molecule has 0 fully saturated rings. The summed E-state index contributed by atoms with van der Waals surface area (Å²) in [5.74, 6) is 0. The second kappa shape index (κ2) is 2.91. The first-order valence-corrected chi connectivity index (χ1v) is 5.09. The molecule has 0 N–H and O–H groups in total. The van der Waals surface area contributed by atoms with Gasteiger partial charge in [0.2, 0.25) is 0 Å². The van der Waals surface area contributed by atoms with Gasteiger partial charge in [-0.15, -0.1) is 11.3 Å². The van der Waals surface area contributed by atoms with E-state index >= 15 is 0 Å². The molecule has 0 amide bonds. The van der Waals surface area contributed by atoms with Crippen LogP contribution in [0, 0.1) is 6.92 Å². The summed E-state index contributed by atoms with van der Waals surface area (Å²) in [5.41, 5.74) is 1.19. The van der Waals surface area contributed by atoms with Crippen LogP contribution in [-0.2, 0) is 0 Å². The molecule has 12 heavy (non-hydrogen) atoms. The van der Waals surface area contributed by atoms with Crippen LogP contribution in [0.5, 0.6) is 0 Å². The third-order valence-corrected chi connectivity index (χ3v) is 3.37. The van der Waals surface area contributed by atoms with Gasteiger partial charge in [0, 0.05) is 9.72 Å². The van der Waals surface area contributed by atoms with Gasteiger partial charge in [0.25, 0.3) is 0 Å². The summed E-state index contributed by atoms with van der Waals surface area (Å²) < 4.78 is 2.04. The molecule has 0 saturated heterocycles. The van der Waals surface area contributed by atoms with Gasteiger partial charge in [0.15, 0.2) is 0 Å². The quantitative estimate of drug-likeness (QED) is 0.608. The predicted octanol–water partition coefficient (Wildman–Crippen LogP) is 4.52. The zero-order chi connectivity index (χ0) is 8.72. The molecule has 0 atom stereocenters. The molecule has 0 aliphatic rings. The monoisotopic (exact) mass is 216 g/mol.